The van der Waals surface area contributed by atoms with Gasteiger partial charge in [0.25, 0.3) is 0 Å². The normalized spacial score (nSPS) is 13.1. The quantitative estimate of drug-likeness (QED) is 0.328. The number of ether oxygens (including phenoxy) is 1. The fourth-order valence-electron chi connectivity index (χ4n) is 0.415. The van der Waals surface area contributed by atoms with E-state index in [1.807, 2.05) is 7.05 Å². The highest BCUT2D eigenvalue weighted by molar-refractivity contribution is 4.91. The number of aliphatic hydroxyl groups is 1. The molecule has 0 radical (unpaired) electrons. The van der Waals surface area contributed by atoms with Gasteiger partial charge in [-0.2, -0.15) is 0 Å². The minimum Gasteiger partial charge on any atom is -0.364 e. The average Bonchev–Trinajstić information content (AvgIpc) is 1.88. The number of likely N-dealkylation sites (N-methyl/N-ethyl adjacent to an activating group) is 1. The van der Waals surface area contributed by atoms with Gasteiger partial charge in [0.2, 0.25) is 0 Å². The van der Waals surface area contributed by atoms with E-state index in [9.17, 15) is 0 Å². The van der Waals surface area contributed by atoms with E-state index in [1.54, 1.807) is 6.92 Å². The standard InChI is InChI=1S/C7H15NO2/c1-6(2)7(9)10-5-4-8-3/h7-9H,1,4-5H2,2-3H3. The Morgan fingerprint density at radius 3 is 2.80 bits per heavy atom. The van der Waals surface area contributed by atoms with Gasteiger partial charge in [-0.3, -0.25) is 0 Å². The van der Waals surface area contributed by atoms with Crippen LogP contribution >= 0.6 is 0 Å². The van der Waals surface area contributed by atoms with Crippen LogP contribution in [0.5, 0.6) is 0 Å². The molecule has 0 aromatic heterocycles. The lowest BCUT2D eigenvalue weighted by Crippen LogP contribution is -2.20. The molecule has 0 aliphatic heterocycles. The van der Waals surface area contributed by atoms with Crippen molar-refractivity contribution >= 4 is 0 Å². The Morgan fingerprint density at radius 2 is 2.40 bits per heavy atom. The first-order chi connectivity index (χ1) is 4.68. The summed E-state index contributed by atoms with van der Waals surface area (Å²) < 4.78 is 4.94. The van der Waals surface area contributed by atoms with Crippen LogP contribution in [0, 0.1) is 0 Å². The zero-order chi connectivity index (χ0) is 7.98. The molecule has 0 saturated heterocycles. The molecule has 3 nitrogen and oxygen atoms in total. The second-order valence-electron chi connectivity index (χ2n) is 2.17. The van der Waals surface area contributed by atoms with E-state index in [0.29, 0.717) is 12.2 Å². The highest BCUT2D eigenvalue weighted by Gasteiger charge is 2.01. The van der Waals surface area contributed by atoms with Crippen LogP contribution in [0.3, 0.4) is 0 Å². The number of rotatable bonds is 5. The zero-order valence-electron chi connectivity index (χ0n) is 6.55. The third-order valence-electron chi connectivity index (χ3n) is 1.05. The van der Waals surface area contributed by atoms with Crippen LogP contribution in [0.4, 0.5) is 0 Å². The Kier molecular flexibility index (Phi) is 5.20. The van der Waals surface area contributed by atoms with Crippen molar-refractivity contribution in [3.05, 3.63) is 12.2 Å². The van der Waals surface area contributed by atoms with Crippen molar-refractivity contribution in [3.63, 3.8) is 0 Å². The second-order valence-corrected chi connectivity index (χ2v) is 2.17. The molecule has 0 aromatic rings. The van der Waals surface area contributed by atoms with E-state index in [1.165, 1.54) is 0 Å². The van der Waals surface area contributed by atoms with Crippen molar-refractivity contribution in [1.82, 2.24) is 5.32 Å². The summed E-state index contributed by atoms with van der Waals surface area (Å²) in [5, 5.41) is 11.9. The van der Waals surface area contributed by atoms with Crippen LogP contribution in [-0.4, -0.2) is 31.6 Å². The van der Waals surface area contributed by atoms with Crippen LogP contribution in [0.25, 0.3) is 0 Å². The van der Waals surface area contributed by atoms with Crippen LogP contribution in [0.2, 0.25) is 0 Å². The summed E-state index contributed by atoms with van der Waals surface area (Å²) in [7, 11) is 1.83. The van der Waals surface area contributed by atoms with E-state index in [-0.39, 0.29) is 0 Å². The summed E-state index contributed by atoms with van der Waals surface area (Å²) >= 11 is 0. The Morgan fingerprint density at radius 1 is 1.80 bits per heavy atom. The third-order valence-corrected chi connectivity index (χ3v) is 1.05. The van der Waals surface area contributed by atoms with Gasteiger partial charge in [0.15, 0.2) is 6.29 Å². The fraction of sp³-hybridized carbons (Fsp3) is 0.714. The molecule has 0 spiro atoms. The molecular formula is C7H15NO2. The third kappa shape index (κ3) is 4.49. The summed E-state index contributed by atoms with van der Waals surface area (Å²) in [5.41, 5.74) is 0.635. The van der Waals surface area contributed by atoms with Gasteiger partial charge in [-0.1, -0.05) is 6.58 Å². The molecule has 3 heteroatoms. The van der Waals surface area contributed by atoms with Crippen LogP contribution in [0.15, 0.2) is 12.2 Å². The lowest BCUT2D eigenvalue weighted by atomic mass is 10.3. The van der Waals surface area contributed by atoms with Gasteiger partial charge in [-0.25, -0.2) is 0 Å². The molecule has 2 N–H and O–H groups in total. The molecule has 0 aromatic carbocycles. The van der Waals surface area contributed by atoms with Crippen LogP contribution < -0.4 is 5.32 Å². The summed E-state index contributed by atoms with van der Waals surface area (Å²) in [6.07, 6.45) is -0.812. The minimum atomic E-state index is -0.812. The van der Waals surface area contributed by atoms with Gasteiger partial charge in [0.1, 0.15) is 0 Å². The maximum Gasteiger partial charge on any atom is 0.176 e. The largest absolute Gasteiger partial charge is 0.364 e. The van der Waals surface area contributed by atoms with E-state index >= 15 is 0 Å². The first kappa shape index (κ1) is 9.62. The lowest BCUT2D eigenvalue weighted by Gasteiger charge is -2.10. The lowest BCUT2D eigenvalue weighted by molar-refractivity contribution is -0.0698. The molecule has 0 heterocycles. The zero-order valence-corrected chi connectivity index (χ0v) is 6.55. The number of hydrogen-bond donors (Lipinski definition) is 2. The summed E-state index contributed by atoms with van der Waals surface area (Å²) in [5.74, 6) is 0. The van der Waals surface area contributed by atoms with Gasteiger partial charge < -0.3 is 15.2 Å². The minimum absolute atomic E-state index is 0.504. The molecule has 1 unspecified atom stereocenters. The van der Waals surface area contributed by atoms with Crippen molar-refractivity contribution in [1.29, 1.82) is 0 Å². The summed E-state index contributed by atoms with van der Waals surface area (Å²) in [6, 6.07) is 0. The summed E-state index contributed by atoms with van der Waals surface area (Å²) in [4.78, 5) is 0. The Hall–Kier alpha value is -0.380. The number of nitrogens with one attached hydrogen (secondary N) is 1. The van der Waals surface area contributed by atoms with Crippen molar-refractivity contribution in [2.45, 2.75) is 13.2 Å². The predicted molar refractivity (Wildman–Crippen MR) is 40.7 cm³/mol. The molecule has 0 fully saturated rings. The smallest absolute Gasteiger partial charge is 0.176 e. The van der Waals surface area contributed by atoms with Crippen molar-refractivity contribution in [2.75, 3.05) is 20.2 Å². The van der Waals surface area contributed by atoms with Crippen molar-refractivity contribution in [2.24, 2.45) is 0 Å². The Labute approximate surface area is 61.7 Å². The van der Waals surface area contributed by atoms with E-state index in [2.05, 4.69) is 11.9 Å². The molecule has 0 aliphatic carbocycles. The highest BCUT2D eigenvalue weighted by Crippen LogP contribution is 1.97. The van der Waals surface area contributed by atoms with Crippen LogP contribution in [-0.2, 0) is 4.74 Å². The molecular weight excluding hydrogens is 130 g/mol. The molecule has 0 amide bonds. The van der Waals surface area contributed by atoms with Gasteiger partial charge in [-0.15, -0.1) is 0 Å². The first-order valence-corrected chi connectivity index (χ1v) is 3.28. The van der Waals surface area contributed by atoms with Gasteiger partial charge >= 0.3 is 0 Å². The number of aliphatic hydroxyl groups excluding tert-OH is 1. The van der Waals surface area contributed by atoms with Gasteiger partial charge in [-0.05, 0) is 19.5 Å². The molecule has 10 heavy (non-hydrogen) atoms. The van der Waals surface area contributed by atoms with E-state index in [4.69, 9.17) is 9.84 Å². The SMILES string of the molecule is C=C(C)C(O)OCCNC. The molecule has 1 atom stereocenters. The number of hydrogen-bond acceptors (Lipinski definition) is 3. The molecule has 0 bridgehead atoms. The van der Waals surface area contributed by atoms with Gasteiger partial charge in [0.05, 0.1) is 6.61 Å². The van der Waals surface area contributed by atoms with Crippen molar-refractivity contribution in [3.8, 4) is 0 Å². The van der Waals surface area contributed by atoms with E-state index in [0.717, 1.165) is 6.54 Å². The Balaban J connectivity index is 3.21. The maximum absolute atomic E-state index is 9.00. The average molecular weight is 145 g/mol. The maximum atomic E-state index is 9.00. The predicted octanol–water partition coefficient (Wildman–Crippen LogP) is 0.117. The second kappa shape index (κ2) is 5.41. The fourth-order valence-corrected chi connectivity index (χ4v) is 0.415. The topological polar surface area (TPSA) is 41.5 Å². The molecule has 0 rings (SSSR count). The summed E-state index contributed by atoms with van der Waals surface area (Å²) in [6.45, 7) is 6.51. The molecule has 60 valence electrons. The van der Waals surface area contributed by atoms with Gasteiger partial charge in [0, 0.05) is 6.54 Å². The highest BCUT2D eigenvalue weighted by atomic mass is 16.6. The van der Waals surface area contributed by atoms with E-state index < -0.39 is 6.29 Å². The molecule has 0 aliphatic rings. The van der Waals surface area contributed by atoms with Crippen LogP contribution in [0.1, 0.15) is 6.92 Å². The Bertz CT molecular complexity index is 104. The molecule has 0 saturated carbocycles. The monoisotopic (exact) mass is 145 g/mol. The first-order valence-electron chi connectivity index (χ1n) is 3.28. The van der Waals surface area contributed by atoms with Crippen molar-refractivity contribution < 1.29 is 9.84 Å².